The summed E-state index contributed by atoms with van der Waals surface area (Å²) in [5.41, 5.74) is 1.03. The minimum Gasteiger partial charge on any atom is -0.469 e. The van der Waals surface area contributed by atoms with Crippen molar-refractivity contribution in [3.05, 3.63) is 95.4 Å². The van der Waals surface area contributed by atoms with Crippen molar-refractivity contribution in [3.63, 3.8) is 0 Å². The number of H-pyrrole nitrogens is 2. The number of carbonyl (C=O) groups is 1. The maximum absolute atomic E-state index is 15.0. The maximum Gasteiger partial charge on any atom is 0.305 e. The number of methoxy groups -OCH3 is 1. The largest absolute Gasteiger partial charge is 0.469 e. The average molecular weight is 564 g/mol. The molecular formula is C30H27F2N3O4S. The normalized spacial score (nSPS) is 12.8. The number of halogens is 2. The highest BCUT2D eigenvalue weighted by atomic mass is 32.2. The van der Waals surface area contributed by atoms with E-state index in [2.05, 4.69) is 15.0 Å². The van der Waals surface area contributed by atoms with Crippen LogP contribution in [0.4, 0.5) is 8.78 Å². The Bertz CT molecular complexity index is 1700. The third kappa shape index (κ3) is 5.32. The molecule has 3 aromatic carbocycles. The number of aryl methyl sites for hydroxylation is 1. The van der Waals surface area contributed by atoms with Crippen LogP contribution in [0.25, 0.3) is 22.3 Å². The van der Waals surface area contributed by atoms with E-state index >= 15 is 0 Å². The molecular weight excluding hydrogens is 536 g/mol. The summed E-state index contributed by atoms with van der Waals surface area (Å²) in [5, 5.41) is 12.2. The average Bonchev–Trinajstić information content (AvgIpc) is 3.64. The van der Waals surface area contributed by atoms with Crippen molar-refractivity contribution in [3.8, 4) is 22.9 Å². The van der Waals surface area contributed by atoms with Gasteiger partial charge in [-0.25, -0.2) is 13.8 Å². The van der Waals surface area contributed by atoms with Gasteiger partial charge in [0.1, 0.15) is 23.0 Å². The Balaban J connectivity index is 1.43. The van der Waals surface area contributed by atoms with Gasteiger partial charge in [-0.3, -0.25) is 4.79 Å². The monoisotopic (exact) mass is 563 g/mol. The number of hydrogen-bond acceptors (Lipinski definition) is 6. The molecule has 206 valence electrons. The number of aromatic nitrogens is 3. The standard InChI is InChI=1S/C30H27F2N3O4S/c1-30(37,18-6-4-5-17(13-18)7-10-26(36)38-2)25-16-34-29(35-25)21-14-19(8-9-22(21)31)39-27-23(32)15-24-20(11-12-33-24)28(27)40-3/h4-6,8-9,11-16,33,37H,7,10H2,1-3H3,(H,34,35). The molecule has 0 spiro atoms. The predicted molar refractivity (Wildman–Crippen MR) is 150 cm³/mol. The number of aliphatic hydroxyl groups is 1. The summed E-state index contributed by atoms with van der Waals surface area (Å²) in [6.45, 7) is 1.60. The van der Waals surface area contributed by atoms with Gasteiger partial charge in [-0.15, -0.1) is 11.8 Å². The molecule has 10 heteroatoms. The summed E-state index contributed by atoms with van der Waals surface area (Å²) in [6.07, 6.45) is 5.67. The highest BCUT2D eigenvalue weighted by Crippen LogP contribution is 2.40. The molecule has 0 aliphatic rings. The van der Waals surface area contributed by atoms with E-state index in [1.165, 1.54) is 49.3 Å². The van der Waals surface area contributed by atoms with E-state index in [0.29, 0.717) is 28.1 Å². The number of benzene rings is 3. The molecule has 1 unspecified atom stereocenters. The molecule has 0 bridgehead atoms. The summed E-state index contributed by atoms with van der Waals surface area (Å²) < 4.78 is 40.5. The number of fused-ring (bicyclic) bond motifs is 1. The van der Waals surface area contributed by atoms with E-state index in [1.54, 1.807) is 31.3 Å². The number of thioether (sulfide) groups is 1. The molecule has 0 fully saturated rings. The first kappa shape index (κ1) is 27.4. The topological polar surface area (TPSA) is 100 Å². The van der Waals surface area contributed by atoms with Gasteiger partial charge in [0.15, 0.2) is 11.6 Å². The van der Waals surface area contributed by atoms with Crippen LogP contribution in [0.1, 0.15) is 30.2 Å². The molecule has 5 aromatic rings. The van der Waals surface area contributed by atoms with Crippen LogP contribution in [-0.2, 0) is 21.6 Å². The molecule has 0 saturated heterocycles. The maximum atomic E-state index is 15.0. The summed E-state index contributed by atoms with van der Waals surface area (Å²) >= 11 is 1.35. The fourth-order valence-electron chi connectivity index (χ4n) is 4.53. The van der Waals surface area contributed by atoms with E-state index in [1.807, 2.05) is 18.4 Å². The summed E-state index contributed by atoms with van der Waals surface area (Å²) in [6, 6.07) is 14.5. The van der Waals surface area contributed by atoms with Gasteiger partial charge in [0, 0.05) is 29.6 Å². The minimum absolute atomic E-state index is 0.0484. The predicted octanol–water partition coefficient (Wildman–Crippen LogP) is 6.71. The van der Waals surface area contributed by atoms with Crippen LogP contribution in [0.15, 0.2) is 71.9 Å². The Kier molecular flexibility index (Phi) is 7.64. The number of carbonyl (C=O) groups excluding carboxylic acids is 1. The van der Waals surface area contributed by atoms with Gasteiger partial charge < -0.3 is 24.5 Å². The minimum atomic E-state index is -1.49. The van der Waals surface area contributed by atoms with Crippen LogP contribution < -0.4 is 4.74 Å². The Morgan fingerprint density at radius 3 is 2.73 bits per heavy atom. The first-order valence-corrected chi connectivity index (χ1v) is 13.7. The molecule has 2 aromatic heterocycles. The lowest BCUT2D eigenvalue weighted by atomic mass is 9.91. The van der Waals surface area contributed by atoms with Crippen molar-refractivity contribution >= 4 is 28.6 Å². The zero-order chi connectivity index (χ0) is 28.4. The van der Waals surface area contributed by atoms with Gasteiger partial charge in [0.2, 0.25) is 0 Å². The second kappa shape index (κ2) is 11.1. The van der Waals surface area contributed by atoms with E-state index in [9.17, 15) is 18.7 Å². The van der Waals surface area contributed by atoms with Crippen molar-refractivity contribution in [1.29, 1.82) is 0 Å². The fourth-order valence-corrected chi connectivity index (χ4v) is 5.25. The van der Waals surface area contributed by atoms with E-state index < -0.39 is 17.2 Å². The van der Waals surface area contributed by atoms with Gasteiger partial charge in [0.25, 0.3) is 0 Å². The molecule has 0 aliphatic carbocycles. The molecule has 0 aliphatic heterocycles. The van der Waals surface area contributed by atoms with Crippen LogP contribution in [0.5, 0.6) is 11.5 Å². The fraction of sp³-hybridized carbons (Fsp3) is 0.200. The van der Waals surface area contributed by atoms with Crippen LogP contribution in [-0.4, -0.2) is 39.4 Å². The lowest BCUT2D eigenvalue weighted by Crippen LogP contribution is -2.23. The van der Waals surface area contributed by atoms with Gasteiger partial charge >= 0.3 is 5.97 Å². The first-order chi connectivity index (χ1) is 19.2. The van der Waals surface area contributed by atoms with Crippen molar-refractivity contribution in [2.75, 3.05) is 13.4 Å². The zero-order valence-electron chi connectivity index (χ0n) is 22.0. The molecule has 0 amide bonds. The molecule has 2 heterocycles. The van der Waals surface area contributed by atoms with Crippen molar-refractivity contribution < 1.29 is 28.2 Å². The molecule has 0 radical (unpaired) electrons. The summed E-state index contributed by atoms with van der Waals surface area (Å²) in [7, 11) is 1.34. The zero-order valence-corrected chi connectivity index (χ0v) is 22.9. The quantitative estimate of drug-likeness (QED) is 0.136. The Morgan fingerprint density at radius 1 is 1.12 bits per heavy atom. The van der Waals surface area contributed by atoms with Crippen LogP contribution >= 0.6 is 11.8 Å². The highest BCUT2D eigenvalue weighted by molar-refractivity contribution is 7.99. The molecule has 0 saturated carbocycles. The van der Waals surface area contributed by atoms with Crippen LogP contribution in [0, 0.1) is 11.6 Å². The highest BCUT2D eigenvalue weighted by Gasteiger charge is 2.29. The van der Waals surface area contributed by atoms with E-state index in [0.717, 1.165) is 10.9 Å². The number of esters is 1. The number of rotatable bonds is 9. The summed E-state index contributed by atoms with van der Waals surface area (Å²) in [5.74, 6) is -0.983. The van der Waals surface area contributed by atoms with E-state index in [-0.39, 0.29) is 35.3 Å². The third-order valence-electron chi connectivity index (χ3n) is 6.77. The molecule has 7 nitrogen and oxygen atoms in total. The number of aromatic amines is 2. The number of ether oxygens (including phenoxy) is 2. The van der Waals surface area contributed by atoms with Crippen molar-refractivity contribution in [1.82, 2.24) is 15.0 Å². The lowest BCUT2D eigenvalue weighted by molar-refractivity contribution is -0.140. The molecule has 3 N–H and O–H groups in total. The van der Waals surface area contributed by atoms with Gasteiger partial charge in [-0.1, -0.05) is 24.3 Å². The van der Waals surface area contributed by atoms with Gasteiger partial charge in [0.05, 0.1) is 29.5 Å². The van der Waals surface area contributed by atoms with Gasteiger partial charge in [-0.2, -0.15) is 0 Å². The second-order valence-electron chi connectivity index (χ2n) is 9.40. The Morgan fingerprint density at radius 2 is 1.95 bits per heavy atom. The first-order valence-electron chi connectivity index (χ1n) is 12.5. The van der Waals surface area contributed by atoms with Crippen LogP contribution in [0.2, 0.25) is 0 Å². The Labute approximate surface area is 233 Å². The Hall–Kier alpha value is -4.15. The smallest absolute Gasteiger partial charge is 0.305 e. The molecule has 1 atom stereocenters. The summed E-state index contributed by atoms with van der Waals surface area (Å²) in [4.78, 5) is 22.5. The molecule has 40 heavy (non-hydrogen) atoms. The van der Waals surface area contributed by atoms with Gasteiger partial charge in [-0.05, 0) is 55.0 Å². The number of nitrogens with zero attached hydrogens (tertiary/aromatic N) is 1. The van der Waals surface area contributed by atoms with Crippen molar-refractivity contribution in [2.45, 2.75) is 30.3 Å². The SMILES string of the molecule is COC(=O)CCc1cccc(C(C)(O)c2cnc(-c3cc(Oc4c(F)cc5[nH]ccc5c4SC)ccc3F)[nH]2)c1. The third-order valence-corrected chi connectivity index (χ3v) is 7.58. The second-order valence-corrected chi connectivity index (χ2v) is 10.2. The van der Waals surface area contributed by atoms with Crippen LogP contribution in [0.3, 0.4) is 0 Å². The molecule has 5 rings (SSSR count). The lowest BCUT2D eigenvalue weighted by Gasteiger charge is -2.23. The number of imidazole rings is 1. The number of hydrogen-bond donors (Lipinski definition) is 3. The van der Waals surface area contributed by atoms with Crippen molar-refractivity contribution in [2.24, 2.45) is 0 Å². The number of nitrogens with one attached hydrogen (secondary N) is 2. The van der Waals surface area contributed by atoms with E-state index in [4.69, 9.17) is 9.47 Å².